The highest BCUT2D eigenvalue weighted by Crippen LogP contribution is 2.25. The summed E-state index contributed by atoms with van der Waals surface area (Å²) in [5, 5.41) is 3.91. The van der Waals surface area contributed by atoms with Crippen LogP contribution in [0, 0.1) is 19.8 Å². The highest BCUT2D eigenvalue weighted by atomic mass is 32.2. The number of ether oxygens (including phenoxy) is 1. The molecule has 0 fully saturated rings. The molecule has 0 radical (unpaired) electrons. The van der Waals surface area contributed by atoms with Gasteiger partial charge in [-0.2, -0.15) is 0 Å². The van der Waals surface area contributed by atoms with Crippen molar-refractivity contribution in [3.63, 3.8) is 0 Å². The molecule has 9 heteroatoms. The van der Waals surface area contributed by atoms with Crippen LogP contribution in [0.2, 0.25) is 0 Å². The van der Waals surface area contributed by atoms with Gasteiger partial charge in [-0.05, 0) is 56.0 Å². The van der Waals surface area contributed by atoms with E-state index in [2.05, 4.69) is 15.1 Å². The second-order valence-electron chi connectivity index (χ2n) is 7.74. The fourth-order valence-corrected chi connectivity index (χ4v) is 4.51. The Balaban J connectivity index is 1.82. The van der Waals surface area contributed by atoms with Gasteiger partial charge in [-0.25, -0.2) is 22.7 Å². The Hall–Kier alpha value is -2.94. The van der Waals surface area contributed by atoms with Gasteiger partial charge in [-0.15, -0.1) is 0 Å². The molecule has 3 aromatic rings. The van der Waals surface area contributed by atoms with Crippen LogP contribution in [-0.4, -0.2) is 30.1 Å². The topological polar surface area (TPSA) is 98.4 Å². The molecule has 3 rings (SSSR count). The summed E-state index contributed by atoms with van der Waals surface area (Å²) in [6.45, 7) is 10.2. The number of hydrogen-bond donors (Lipinski definition) is 0. The largest absolute Gasteiger partial charge is 0.489 e. The summed E-state index contributed by atoms with van der Waals surface area (Å²) in [5.41, 5.74) is 2.60. The summed E-state index contributed by atoms with van der Waals surface area (Å²) in [6, 6.07) is 6.34. The standard InChI is InChI=1S/C22H28N4O4S/c1-6-18-11-23-22(24-12-18)26(13-15(2)3)31(27,28)20-9-7-19(8-10-20)29-14-21-16(4)25-30-17(21)5/h7-12,15H,6,13-14H2,1-5H3. The molecule has 8 nitrogen and oxygen atoms in total. The van der Waals surface area contributed by atoms with Gasteiger partial charge in [-0.3, -0.25) is 0 Å². The maximum absolute atomic E-state index is 13.4. The summed E-state index contributed by atoms with van der Waals surface area (Å²) in [5.74, 6) is 1.53. The summed E-state index contributed by atoms with van der Waals surface area (Å²) in [6.07, 6.45) is 4.11. The SMILES string of the molecule is CCc1cnc(N(CC(C)C)S(=O)(=O)c2ccc(OCc3c(C)noc3C)cc2)nc1. The van der Waals surface area contributed by atoms with Crippen molar-refractivity contribution in [2.24, 2.45) is 5.92 Å². The van der Waals surface area contributed by atoms with Gasteiger partial charge in [0.25, 0.3) is 10.0 Å². The van der Waals surface area contributed by atoms with E-state index < -0.39 is 10.0 Å². The molecule has 0 aliphatic heterocycles. The maximum Gasteiger partial charge on any atom is 0.266 e. The smallest absolute Gasteiger partial charge is 0.266 e. The molecule has 2 heterocycles. The predicted octanol–water partition coefficient (Wildman–Crippen LogP) is 4.07. The van der Waals surface area contributed by atoms with Gasteiger partial charge >= 0.3 is 0 Å². The van der Waals surface area contributed by atoms with Gasteiger partial charge in [0.1, 0.15) is 18.1 Å². The lowest BCUT2D eigenvalue weighted by Crippen LogP contribution is -2.35. The lowest BCUT2D eigenvalue weighted by Gasteiger charge is -2.24. The molecular formula is C22H28N4O4S. The van der Waals surface area contributed by atoms with E-state index in [9.17, 15) is 8.42 Å². The Kier molecular flexibility index (Phi) is 6.94. The molecule has 0 atom stereocenters. The highest BCUT2D eigenvalue weighted by Gasteiger charge is 2.28. The number of sulfonamides is 1. The van der Waals surface area contributed by atoms with E-state index in [1.807, 2.05) is 34.6 Å². The van der Waals surface area contributed by atoms with E-state index in [0.29, 0.717) is 18.1 Å². The first-order chi connectivity index (χ1) is 14.7. The van der Waals surface area contributed by atoms with Crippen molar-refractivity contribution >= 4 is 16.0 Å². The molecule has 166 valence electrons. The molecule has 0 saturated carbocycles. The summed E-state index contributed by atoms with van der Waals surface area (Å²) in [7, 11) is -3.83. The number of nitrogens with zero attached hydrogens (tertiary/aromatic N) is 4. The lowest BCUT2D eigenvalue weighted by atomic mass is 10.2. The molecule has 0 aliphatic carbocycles. The first kappa shape index (κ1) is 22.7. The predicted molar refractivity (Wildman–Crippen MR) is 118 cm³/mol. The van der Waals surface area contributed by atoms with Crippen LogP contribution in [0.4, 0.5) is 5.95 Å². The maximum atomic E-state index is 13.4. The third kappa shape index (κ3) is 5.22. The van der Waals surface area contributed by atoms with Crippen LogP contribution in [0.25, 0.3) is 0 Å². The Morgan fingerprint density at radius 2 is 1.74 bits per heavy atom. The average molecular weight is 445 g/mol. The zero-order valence-electron chi connectivity index (χ0n) is 18.5. The minimum atomic E-state index is -3.83. The Labute approximate surface area is 183 Å². The highest BCUT2D eigenvalue weighted by molar-refractivity contribution is 7.92. The second kappa shape index (κ2) is 9.47. The van der Waals surface area contributed by atoms with Crippen LogP contribution in [0.15, 0.2) is 46.1 Å². The Morgan fingerprint density at radius 3 is 2.26 bits per heavy atom. The molecule has 0 bridgehead atoms. The molecule has 0 aliphatic rings. The molecule has 0 amide bonds. The van der Waals surface area contributed by atoms with Crippen LogP contribution in [0.5, 0.6) is 5.75 Å². The van der Waals surface area contributed by atoms with Crippen LogP contribution < -0.4 is 9.04 Å². The zero-order chi connectivity index (χ0) is 22.6. The van der Waals surface area contributed by atoms with Crippen LogP contribution >= 0.6 is 0 Å². The van der Waals surface area contributed by atoms with Crippen molar-refractivity contribution in [2.45, 2.75) is 52.5 Å². The van der Waals surface area contributed by atoms with E-state index in [1.54, 1.807) is 24.5 Å². The first-order valence-corrected chi connectivity index (χ1v) is 11.6. The average Bonchev–Trinajstić information content (AvgIpc) is 3.08. The minimum absolute atomic E-state index is 0.0990. The summed E-state index contributed by atoms with van der Waals surface area (Å²) >= 11 is 0. The molecule has 31 heavy (non-hydrogen) atoms. The zero-order valence-corrected chi connectivity index (χ0v) is 19.3. The molecular weight excluding hydrogens is 416 g/mol. The van der Waals surface area contributed by atoms with Gasteiger partial charge in [-0.1, -0.05) is 25.9 Å². The van der Waals surface area contributed by atoms with E-state index in [4.69, 9.17) is 9.26 Å². The van der Waals surface area contributed by atoms with E-state index >= 15 is 0 Å². The van der Waals surface area contributed by atoms with Crippen LogP contribution in [0.3, 0.4) is 0 Å². The van der Waals surface area contributed by atoms with Crippen molar-refractivity contribution in [1.82, 2.24) is 15.1 Å². The number of aryl methyl sites for hydroxylation is 3. The molecule has 2 aromatic heterocycles. The van der Waals surface area contributed by atoms with E-state index in [0.717, 1.165) is 23.2 Å². The molecule has 0 spiro atoms. The fraction of sp³-hybridized carbons (Fsp3) is 0.409. The van der Waals surface area contributed by atoms with Crippen molar-refractivity contribution in [3.8, 4) is 5.75 Å². The van der Waals surface area contributed by atoms with Crippen molar-refractivity contribution in [2.75, 3.05) is 10.8 Å². The molecule has 1 aromatic carbocycles. The molecule has 0 N–H and O–H groups in total. The van der Waals surface area contributed by atoms with Gasteiger partial charge < -0.3 is 9.26 Å². The number of hydrogen-bond acceptors (Lipinski definition) is 7. The normalized spacial score (nSPS) is 11.7. The molecule has 0 saturated heterocycles. The lowest BCUT2D eigenvalue weighted by molar-refractivity contribution is 0.301. The fourth-order valence-electron chi connectivity index (χ4n) is 2.98. The number of benzene rings is 1. The van der Waals surface area contributed by atoms with Gasteiger partial charge in [0.05, 0.1) is 16.2 Å². The van der Waals surface area contributed by atoms with Gasteiger partial charge in [0, 0.05) is 18.9 Å². The number of rotatable bonds is 9. The van der Waals surface area contributed by atoms with E-state index in [1.165, 1.54) is 16.4 Å². The van der Waals surface area contributed by atoms with E-state index in [-0.39, 0.29) is 23.3 Å². The molecule has 0 unspecified atom stereocenters. The van der Waals surface area contributed by atoms with Crippen LogP contribution in [-0.2, 0) is 23.1 Å². The summed E-state index contributed by atoms with van der Waals surface area (Å²) < 4.78 is 38.9. The van der Waals surface area contributed by atoms with Crippen molar-refractivity contribution in [3.05, 3.63) is 59.2 Å². The van der Waals surface area contributed by atoms with Gasteiger partial charge in [0.15, 0.2) is 0 Å². The number of aromatic nitrogens is 3. The number of anilines is 1. The Morgan fingerprint density at radius 1 is 1.10 bits per heavy atom. The quantitative estimate of drug-likeness (QED) is 0.490. The second-order valence-corrected chi connectivity index (χ2v) is 9.60. The monoisotopic (exact) mass is 444 g/mol. The minimum Gasteiger partial charge on any atom is -0.489 e. The van der Waals surface area contributed by atoms with Crippen molar-refractivity contribution in [1.29, 1.82) is 0 Å². The first-order valence-electron chi connectivity index (χ1n) is 10.2. The Bertz CT molecular complexity index is 1090. The van der Waals surface area contributed by atoms with Crippen LogP contribution in [0.1, 0.15) is 43.4 Å². The summed E-state index contributed by atoms with van der Waals surface area (Å²) in [4.78, 5) is 8.72. The third-order valence-electron chi connectivity index (χ3n) is 4.83. The third-order valence-corrected chi connectivity index (χ3v) is 6.59. The van der Waals surface area contributed by atoms with Gasteiger partial charge in [0.2, 0.25) is 5.95 Å². The van der Waals surface area contributed by atoms with Crippen molar-refractivity contribution < 1.29 is 17.7 Å².